The molecule has 0 unspecified atom stereocenters. The van der Waals surface area contributed by atoms with Crippen LogP contribution in [0.25, 0.3) is 0 Å². The highest BCUT2D eigenvalue weighted by atomic mass is 16.5. The van der Waals surface area contributed by atoms with Crippen molar-refractivity contribution in [1.29, 1.82) is 0 Å². The van der Waals surface area contributed by atoms with Crippen LogP contribution >= 0.6 is 0 Å². The second-order valence-corrected chi connectivity index (χ2v) is 6.14. The third-order valence-corrected chi connectivity index (χ3v) is 4.91. The molecule has 2 heterocycles. The van der Waals surface area contributed by atoms with Gasteiger partial charge in [-0.1, -0.05) is 12.5 Å². The first-order valence-electron chi connectivity index (χ1n) is 7.88. The maximum Gasteiger partial charge on any atom is 0.127 e. The zero-order valence-electron chi connectivity index (χ0n) is 12.9. The predicted octanol–water partition coefficient (Wildman–Crippen LogP) is 2.75. The zero-order valence-corrected chi connectivity index (χ0v) is 12.9. The Kier molecular flexibility index (Phi) is 4.36. The average Bonchev–Trinajstić information content (AvgIpc) is 2.53. The van der Waals surface area contributed by atoms with E-state index in [2.05, 4.69) is 11.0 Å². The van der Waals surface area contributed by atoms with Gasteiger partial charge in [0, 0.05) is 23.7 Å². The molecular weight excluding hydrogens is 266 g/mol. The van der Waals surface area contributed by atoms with Crippen LogP contribution in [-0.2, 0) is 0 Å². The molecule has 0 bridgehead atoms. The Morgan fingerprint density at radius 3 is 2.76 bits per heavy atom. The van der Waals surface area contributed by atoms with Crippen LogP contribution < -0.4 is 9.47 Å². The van der Waals surface area contributed by atoms with Crippen LogP contribution in [0, 0.1) is 0 Å². The summed E-state index contributed by atoms with van der Waals surface area (Å²) in [4.78, 5) is 2.57. The van der Waals surface area contributed by atoms with Crippen molar-refractivity contribution < 1.29 is 14.6 Å². The molecule has 0 spiro atoms. The lowest BCUT2D eigenvalue weighted by atomic mass is 9.84. The molecule has 4 nitrogen and oxygen atoms in total. The summed E-state index contributed by atoms with van der Waals surface area (Å²) >= 11 is 0. The quantitative estimate of drug-likeness (QED) is 0.930. The summed E-state index contributed by atoms with van der Waals surface area (Å²) < 4.78 is 10.9. The van der Waals surface area contributed by atoms with Crippen molar-refractivity contribution in [3.8, 4) is 11.5 Å². The smallest absolute Gasteiger partial charge is 0.127 e. The van der Waals surface area contributed by atoms with Crippen LogP contribution in [0.1, 0.15) is 43.7 Å². The second kappa shape index (κ2) is 6.24. The fraction of sp³-hybridized carbons (Fsp3) is 0.647. The summed E-state index contributed by atoms with van der Waals surface area (Å²) in [6.45, 7) is 1.12. The number of aliphatic hydroxyl groups excluding tert-OH is 1. The van der Waals surface area contributed by atoms with Crippen LogP contribution in [0.2, 0.25) is 0 Å². The van der Waals surface area contributed by atoms with Gasteiger partial charge in [-0.3, -0.25) is 4.90 Å². The lowest BCUT2D eigenvalue weighted by Gasteiger charge is -2.47. The Balaban J connectivity index is 1.93. The van der Waals surface area contributed by atoms with Gasteiger partial charge in [-0.15, -0.1) is 0 Å². The lowest BCUT2D eigenvalue weighted by Crippen LogP contribution is -2.48. The molecule has 3 rings (SSSR count). The predicted molar refractivity (Wildman–Crippen MR) is 81.9 cm³/mol. The highest BCUT2D eigenvalue weighted by molar-refractivity contribution is 5.43. The van der Waals surface area contributed by atoms with Crippen molar-refractivity contribution in [3.05, 3.63) is 23.8 Å². The standard InChI is InChI=1S/C17H25NO3/c1-20-14-6-7-15(17(11-14)21-2)16-10-13(19)9-12-5-3-4-8-18(12)16/h6-7,11-13,16,19H,3-5,8-10H2,1-2H3/t12-,13-,16-/m0/s1. The maximum atomic E-state index is 10.3. The summed E-state index contributed by atoms with van der Waals surface area (Å²) in [5.41, 5.74) is 1.17. The summed E-state index contributed by atoms with van der Waals surface area (Å²) in [7, 11) is 3.37. The molecule has 116 valence electrons. The van der Waals surface area contributed by atoms with E-state index in [1.807, 2.05) is 12.1 Å². The number of benzene rings is 1. The minimum Gasteiger partial charge on any atom is -0.497 e. The van der Waals surface area contributed by atoms with Crippen LogP contribution in [0.5, 0.6) is 11.5 Å². The number of hydrogen-bond acceptors (Lipinski definition) is 4. The van der Waals surface area contributed by atoms with E-state index in [1.165, 1.54) is 24.8 Å². The normalized spacial score (nSPS) is 29.8. The Morgan fingerprint density at radius 1 is 1.14 bits per heavy atom. The molecule has 3 atom stereocenters. The Labute approximate surface area is 126 Å². The lowest BCUT2D eigenvalue weighted by molar-refractivity contribution is -0.0186. The molecule has 1 aromatic carbocycles. The number of piperidine rings is 2. The number of aliphatic hydroxyl groups is 1. The molecule has 0 radical (unpaired) electrons. The first-order valence-corrected chi connectivity index (χ1v) is 7.88. The Hall–Kier alpha value is -1.26. The van der Waals surface area contributed by atoms with E-state index in [9.17, 15) is 5.11 Å². The van der Waals surface area contributed by atoms with E-state index in [-0.39, 0.29) is 12.1 Å². The van der Waals surface area contributed by atoms with Crippen LogP contribution in [-0.4, -0.2) is 42.9 Å². The van der Waals surface area contributed by atoms with E-state index >= 15 is 0 Å². The molecule has 0 amide bonds. The van der Waals surface area contributed by atoms with Crippen molar-refractivity contribution in [2.45, 2.75) is 50.3 Å². The summed E-state index contributed by atoms with van der Waals surface area (Å²) in [5.74, 6) is 1.67. The minimum atomic E-state index is -0.207. The van der Waals surface area contributed by atoms with Gasteiger partial charge in [0.05, 0.1) is 20.3 Å². The van der Waals surface area contributed by atoms with E-state index in [0.29, 0.717) is 6.04 Å². The number of nitrogens with zero attached hydrogens (tertiary/aromatic N) is 1. The molecule has 1 aromatic rings. The van der Waals surface area contributed by atoms with Gasteiger partial charge in [-0.25, -0.2) is 0 Å². The van der Waals surface area contributed by atoms with Gasteiger partial charge in [0.2, 0.25) is 0 Å². The summed E-state index contributed by atoms with van der Waals surface area (Å²) in [5, 5.41) is 10.3. The van der Waals surface area contributed by atoms with Crippen molar-refractivity contribution >= 4 is 0 Å². The molecule has 2 saturated heterocycles. The minimum absolute atomic E-state index is 0.207. The largest absolute Gasteiger partial charge is 0.497 e. The van der Waals surface area contributed by atoms with Crippen LogP contribution in [0.3, 0.4) is 0 Å². The Morgan fingerprint density at radius 2 is 2.00 bits per heavy atom. The van der Waals surface area contributed by atoms with Crippen LogP contribution in [0.15, 0.2) is 18.2 Å². The van der Waals surface area contributed by atoms with E-state index in [1.54, 1.807) is 14.2 Å². The van der Waals surface area contributed by atoms with Crippen molar-refractivity contribution in [2.24, 2.45) is 0 Å². The third kappa shape index (κ3) is 2.87. The number of methoxy groups -OCH3 is 2. The molecule has 0 aliphatic carbocycles. The monoisotopic (exact) mass is 291 g/mol. The topological polar surface area (TPSA) is 41.9 Å². The fourth-order valence-corrected chi connectivity index (χ4v) is 3.89. The molecule has 21 heavy (non-hydrogen) atoms. The number of fused-ring (bicyclic) bond motifs is 1. The summed E-state index contributed by atoms with van der Waals surface area (Å²) in [6, 6.07) is 6.78. The average molecular weight is 291 g/mol. The molecule has 2 aliphatic rings. The molecule has 0 aromatic heterocycles. The van der Waals surface area contributed by atoms with Gasteiger partial charge in [0.15, 0.2) is 0 Å². The van der Waals surface area contributed by atoms with Crippen molar-refractivity contribution in [3.63, 3.8) is 0 Å². The van der Waals surface area contributed by atoms with Gasteiger partial charge in [0.1, 0.15) is 11.5 Å². The molecule has 0 saturated carbocycles. The maximum absolute atomic E-state index is 10.3. The fourth-order valence-electron chi connectivity index (χ4n) is 3.89. The van der Waals surface area contributed by atoms with Gasteiger partial charge < -0.3 is 14.6 Å². The first-order chi connectivity index (χ1) is 10.2. The molecular formula is C17H25NO3. The van der Waals surface area contributed by atoms with Gasteiger partial charge >= 0.3 is 0 Å². The van der Waals surface area contributed by atoms with Gasteiger partial charge in [-0.2, -0.15) is 0 Å². The number of rotatable bonds is 3. The zero-order chi connectivity index (χ0) is 14.8. The van der Waals surface area contributed by atoms with Crippen LogP contribution in [0.4, 0.5) is 0 Å². The molecule has 4 heteroatoms. The van der Waals surface area contributed by atoms with E-state index in [4.69, 9.17) is 9.47 Å². The SMILES string of the molecule is COc1ccc([C@@H]2C[C@@H](O)C[C@@H]3CCCCN32)c(OC)c1. The van der Waals surface area contributed by atoms with Crippen molar-refractivity contribution in [1.82, 2.24) is 4.90 Å². The second-order valence-electron chi connectivity index (χ2n) is 6.14. The third-order valence-electron chi connectivity index (χ3n) is 4.91. The van der Waals surface area contributed by atoms with E-state index in [0.717, 1.165) is 30.9 Å². The van der Waals surface area contributed by atoms with E-state index < -0.39 is 0 Å². The highest BCUT2D eigenvalue weighted by Crippen LogP contribution is 2.42. The molecule has 2 fully saturated rings. The highest BCUT2D eigenvalue weighted by Gasteiger charge is 2.37. The Bertz CT molecular complexity index is 491. The number of ether oxygens (including phenoxy) is 2. The number of hydrogen-bond donors (Lipinski definition) is 1. The van der Waals surface area contributed by atoms with Gasteiger partial charge in [0.25, 0.3) is 0 Å². The van der Waals surface area contributed by atoms with Crippen molar-refractivity contribution in [2.75, 3.05) is 20.8 Å². The molecule has 1 N–H and O–H groups in total. The van der Waals surface area contributed by atoms with Gasteiger partial charge in [-0.05, 0) is 38.3 Å². The summed E-state index contributed by atoms with van der Waals surface area (Å²) in [6.07, 6.45) is 5.23. The first kappa shape index (κ1) is 14.7. The molecule has 2 aliphatic heterocycles.